The quantitative estimate of drug-likeness (QED) is 0.816. The van der Waals surface area contributed by atoms with Crippen LogP contribution >= 0.6 is 0 Å². The Morgan fingerprint density at radius 1 is 1.69 bits per heavy atom. The van der Waals surface area contributed by atoms with Crippen LogP contribution in [-0.2, 0) is 0 Å². The van der Waals surface area contributed by atoms with Crippen molar-refractivity contribution in [3.05, 3.63) is 24.0 Å². The van der Waals surface area contributed by atoms with E-state index in [4.69, 9.17) is 5.11 Å². The molecule has 1 atom stereocenters. The lowest BCUT2D eigenvalue weighted by molar-refractivity contribution is 0.0697. The van der Waals surface area contributed by atoms with Gasteiger partial charge in [0.05, 0.1) is 5.69 Å². The van der Waals surface area contributed by atoms with Crippen LogP contribution in [0.25, 0.3) is 0 Å². The summed E-state index contributed by atoms with van der Waals surface area (Å²) in [5, 5.41) is 12.2. The van der Waals surface area contributed by atoms with Gasteiger partial charge >= 0.3 is 5.97 Å². The summed E-state index contributed by atoms with van der Waals surface area (Å²) in [6, 6.07) is 1.71. The number of carboxylic acids is 1. The van der Waals surface area contributed by atoms with Crippen LogP contribution in [0.3, 0.4) is 0 Å². The number of anilines is 1. The minimum atomic E-state index is -0.939. The molecule has 2 rings (SSSR count). The van der Waals surface area contributed by atoms with E-state index >= 15 is 0 Å². The lowest BCUT2D eigenvalue weighted by Gasteiger charge is -2.09. The van der Waals surface area contributed by atoms with E-state index in [2.05, 4.69) is 24.1 Å². The van der Waals surface area contributed by atoms with Crippen LogP contribution < -0.4 is 5.32 Å². The minimum Gasteiger partial charge on any atom is -0.478 e. The van der Waals surface area contributed by atoms with Gasteiger partial charge < -0.3 is 10.4 Å². The Morgan fingerprint density at radius 3 is 2.94 bits per heavy atom. The van der Waals surface area contributed by atoms with Crippen LogP contribution in [0.5, 0.6) is 0 Å². The smallest absolute Gasteiger partial charge is 0.339 e. The van der Waals surface area contributed by atoms with Crippen molar-refractivity contribution < 1.29 is 9.90 Å². The molecule has 1 fully saturated rings. The van der Waals surface area contributed by atoms with Gasteiger partial charge in [0.15, 0.2) is 0 Å². The Bertz CT molecular complexity index is 415. The maximum atomic E-state index is 10.9. The molecule has 1 aliphatic carbocycles. The van der Waals surface area contributed by atoms with Gasteiger partial charge in [0, 0.05) is 18.9 Å². The number of hydrogen-bond acceptors (Lipinski definition) is 3. The summed E-state index contributed by atoms with van der Waals surface area (Å²) in [4.78, 5) is 14.7. The Labute approximate surface area is 94.7 Å². The second-order valence-corrected chi connectivity index (χ2v) is 5.00. The minimum absolute atomic E-state index is 0.237. The van der Waals surface area contributed by atoms with E-state index in [1.807, 2.05) is 0 Å². The number of carboxylic acid groups (broad SMARTS) is 1. The predicted octanol–water partition coefficient (Wildman–Crippen LogP) is 2.24. The molecular weight excluding hydrogens is 204 g/mol. The molecule has 0 bridgehead atoms. The highest BCUT2D eigenvalue weighted by atomic mass is 16.4. The van der Waals surface area contributed by atoms with Crippen molar-refractivity contribution in [2.45, 2.75) is 20.3 Å². The van der Waals surface area contributed by atoms with E-state index in [1.165, 1.54) is 12.6 Å². The summed E-state index contributed by atoms with van der Waals surface area (Å²) in [6.45, 7) is 5.28. The molecular formula is C12H16N2O2. The van der Waals surface area contributed by atoms with Crippen molar-refractivity contribution in [3.63, 3.8) is 0 Å². The second kappa shape index (κ2) is 3.77. The van der Waals surface area contributed by atoms with Crippen LogP contribution in [0, 0.1) is 11.3 Å². The van der Waals surface area contributed by atoms with Crippen molar-refractivity contribution in [2.24, 2.45) is 11.3 Å². The maximum absolute atomic E-state index is 10.9. The number of nitrogens with one attached hydrogen (secondary N) is 1. The first kappa shape index (κ1) is 10.9. The van der Waals surface area contributed by atoms with Crippen molar-refractivity contribution in [3.8, 4) is 0 Å². The average Bonchev–Trinajstić information content (AvgIpc) is 2.84. The van der Waals surface area contributed by atoms with Crippen molar-refractivity contribution in [1.29, 1.82) is 0 Å². The molecule has 4 heteroatoms. The average molecular weight is 220 g/mol. The van der Waals surface area contributed by atoms with Gasteiger partial charge in [0.1, 0.15) is 5.56 Å². The van der Waals surface area contributed by atoms with Gasteiger partial charge in [-0.1, -0.05) is 13.8 Å². The SMILES string of the molecule is CC1(C)CC1CNc1ccncc1C(=O)O. The van der Waals surface area contributed by atoms with Gasteiger partial charge in [-0.05, 0) is 23.8 Å². The molecule has 1 aromatic rings. The molecule has 1 saturated carbocycles. The van der Waals surface area contributed by atoms with Crippen molar-refractivity contribution >= 4 is 11.7 Å². The van der Waals surface area contributed by atoms with Crippen molar-refractivity contribution in [2.75, 3.05) is 11.9 Å². The molecule has 0 saturated heterocycles. The van der Waals surface area contributed by atoms with Crippen LogP contribution in [0.15, 0.2) is 18.5 Å². The zero-order chi connectivity index (χ0) is 11.8. The summed E-state index contributed by atoms with van der Waals surface area (Å²) in [5.74, 6) is -0.298. The summed E-state index contributed by atoms with van der Waals surface area (Å²) < 4.78 is 0. The first-order valence-corrected chi connectivity index (χ1v) is 5.42. The Kier molecular flexibility index (Phi) is 2.58. The number of aromatic carboxylic acids is 1. The molecule has 2 N–H and O–H groups in total. The van der Waals surface area contributed by atoms with Gasteiger partial charge in [-0.25, -0.2) is 4.79 Å². The van der Waals surface area contributed by atoms with E-state index in [0.717, 1.165) is 6.54 Å². The fourth-order valence-electron chi connectivity index (χ4n) is 1.88. The zero-order valence-corrected chi connectivity index (χ0v) is 9.53. The van der Waals surface area contributed by atoms with E-state index in [9.17, 15) is 4.79 Å². The van der Waals surface area contributed by atoms with E-state index in [-0.39, 0.29) is 5.56 Å². The monoisotopic (exact) mass is 220 g/mol. The zero-order valence-electron chi connectivity index (χ0n) is 9.53. The highest BCUT2D eigenvalue weighted by Crippen LogP contribution is 2.51. The number of aromatic nitrogens is 1. The van der Waals surface area contributed by atoms with Crippen LogP contribution in [0.1, 0.15) is 30.6 Å². The molecule has 1 aliphatic rings. The standard InChI is InChI=1S/C12H16N2O2/c1-12(2)5-8(12)6-14-10-3-4-13-7-9(10)11(15)16/h3-4,7-8H,5-6H2,1-2H3,(H,13,14)(H,15,16). The Balaban J connectivity index is 2.02. The topological polar surface area (TPSA) is 62.2 Å². The molecule has 0 spiro atoms. The number of carbonyl (C=O) groups is 1. The van der Waals surface area contributed by atoms with Gasteiger partial charge in [0.25, 0.3) is 0 Å². The molecule has 1 aromatic heterocycles. The van der Waals surface area contributed by atoms with Gasteiger partial charge in [0.2, 0.25) is 0 Å². The van der Waals surface area contributed by atoms with E-state index in [0.29, 0.717) is 17.0 Å². The summed E-state index contributed by atoms with van der Waals surface area (Å²) in [5.41, 5.74) is 1.30. The van der Waals surface area contributed by atoms with Crippen molar-refractivity contribution in [1.82, 2.24) is 4.98 Å². The molecule has 86 valence electrons. The second-order valence-electron chi connectivity index (χ2n) is 5.00. The summed E-state index contributed by atoms with van der Waals surface area (Å²) in [7, 11) is 0. The van der Waals surface area contributed by atoms with E-state index < -0.39 is 5.97 Å². The third kappa shape index (κ3) is 2.15. The van der Waals surface area contributed by atoms with Gasteiger partial charge in [-0.3, -0.25) is 4.98 Å². The first-order valence-electron chi connectivity index (χ1n) is 5.42. The molecule has 4 nitrogen and oxygen atoms in total. The number of nitrogens with zero attached hydrogens (tertiary/aromatic N) is 1. The van der Waals surface area contributed by atoms with Crippen LogP contribution in [0.2, 0.25) is 0 Å². The molecule has 16 heavy (non-hydrogen) atoms. The fraction of sp³-hybridized carbons (Fsp3) is 0.500. The fourth-order valence-corrected chi connectivity index (χ4v) is 1.88. The molecule has 0 amide bonds. The maximum Gasteiger partial charge on any atom is 0.339 e. The molecule has 0 aromatic carbocycles. The first-order chi connectivity index (χ1) is 7.50. The molecule has 0 radical (unpaired) electrons. The third-order valence-corrected chi connectivity index (χ3v) is 3.31. The summed E-state index contributed by atoms with van der Waals surface area (Å²) >= 11 is 0. The Morgan fingerprint density at radius 2 is 2.38 bits per heavy atom. The predicted molar refractivity (Wildman–Crippen MR) is 61.6 cm³/mol. The molecule has 0 aliphatic heterocycles. The molecule has 1 unspecified atom stereocenters. The number of pyridine rings is 1. The van der Waals surface area contributed by atoms with Crippen LogP contribution in [0.4, 0.5) is 5.69 Å². The highest BCUT2D eigenvalue weighted by molar-refractivity contribution is 5.93. The largest absolute Gasteiger partial charge is 0.478 e. The van der Waals surface area contributed by atoms with Gasteiger partial charge in [-0.15, -0.1) is 0 Å². The third-order valence-electron chi connectivity index (χ3n) is 3.31. The van der Waals surface area contributed by atoms with Gasteiger partial charge in [-0.2, -0.15) is 0 Å². The summed E-state index contributed by atoms with van der Waals surface area (Å²) in [6.07, 6.45) is 4.18. The normalized spacial score (nSPS) is 21.5. The lowest BCUT2D eigenvalue weighted by Crippen LogP contribution is -2.11. The van der Waals surface area contributed by atoms with Crippen LogP contribution in [-0.4, -0.2) is 22.6 Å². The molecule has 1 heterocycles. The Hall–Kier alpha value is -1.58. The highest BCUT2D eigenvalue weighted by Gasteiger charge is 2.45. The van der Waals surface area contributed by atoms with E-state index in [1.54, 1.807) is 12.3 Å². The lowest BCUT2D eigenvalue weighted by atomic mass is 10.1. The number of hydrogen-bond donors (Lipinski definition) is 2. The number of rotatable bonds is 4.